The Morgan fingerprint density at radius 3 is 1.93 bits per heavy atom. The van der Waals surface area contributed by atoms with E-state index in [0.717, 1.165) is 12.8 Å². The van der Waals surface area contributed by atoms with E-state index in [0.29, 0.717) is 13.0 Å². The van der Waals surface area contributed by atoms with Crippen LogP contribution in [0.5, 0.6) is 0 Å². The van der Waals surface area contributed by atoms with Gasteiger partial charge in [-0.15, -0.1) is 0 Å². The maximum atomic E-state index is 13.3. The molecule has 7 heteroatoms. The van der Waals surface area contributed by atoms with E-state index in [-0.39, 0.29) is 16.0 Å². The molecule has 2 fully saturated rings. The van der Waals surface area contributed by atoms with Crippen LogP contribution in [-0.2, 0) is 13.6 Å². The van der Waals surface area contributed by atoms with E-state index >= 15 is 0 Å². The summed E-state index contributed by atoms with van der Waals surface area (Å²) in [5.74, 6) is -0.0919. The van der Waals surface area contributed by atoms with Crippen molar-refractivity contribution >= 4 is 22.5 Å². The Labute approximate surface area is 168 Å². The van der Waals surface area contributed by atoms with Gasteiger partial charge in [0.25, 0.3) is 5.91 Å². The lowest BCUT2D eigenvalue weighted by Crippen LogP contribution is -2.59. The van der Waals surface area contributed by atoms with Crippen LogP contribution in [0.15, 0.2) is 0 Å². The summed E-state index contributed by atoms with van der Waals surface area (Å²) in [6, 6.07) is 0. The molecule has 2 heterocycles. The molecular formula is C20H41NO4Si2. The third kappa shape index (κ3) is 4.08. The smallest absolute Gasteiger partial charge is 0.255 e. The van der Waals surface area contributed by atoms with Crippen LogP contribution < -0.4 is 0 Å². The van der Waals surface area contributed by atoms with Gasteiger partial charge in [0.15, 0.2) is 28.5 Å². The van der Waals surface area contributed by atoms with Gasteiger partial charge in [-0.05, 0) is 55.5 Å². The van der Waals surface area contributed by atoms with Crippen molar-refractivity contribution in [3.05, 3.63) is 0 Å². The number of nitrogens with zero attached hydrogens (tertiary/aromatic N) is 1. The minimum atomic E-state index is -2.20. The van der Waals surface area contributed by atoms with Crippen LogP contribution in [0.4, 0.5) is 0 Å². The van der Waals surface area contributed by atoms with Crippen LogP contribution in [0.3, 0.4) is 0 Å². The molecule has 0 aliphatic carbocycles. The molecule has 1 N–H and O–H groups in total. The second-order valence-corrected chi connectivity index (χ2v) is 20.9. The molecule has 0 saturated carbocycles. The van der Waals surface area contributed by atoms with Crippen molar-refractivity contribution < 1.29 is 18.8 Å². The van der Waals surface area contributed by atoms with Crippen LogP contribution in [-0.4, -0.2) is 57.0 Å². The molecule has 2 aliphatic rings. The summed E-state index contributed by atoms with van der Waals surface area (Å²) < 4.78 is 13.3. The van der Waals surface area contributed by atoms with Gasteiger partial charge in [0, 0.05) is 6.54 Å². The molecule has 1 amide bonds. The van der Waals surface area contributed by atoms with Crippen LogP contribution >= 0.6 is 0 Å². The average molecular weight is 416 g/mol. The normalized spacial score (nSPS) is 30.6. The van der Waals surface area contributed by atoms with Gasteiger partial charge in [0.1, 0.15) is 6.10 Å². The Kier molecular flexibility index (Phi) is 5.93. The van der Waals surface area contributed by atoms with E-state index in [1.165, 1.54) is 0 Å². The quantitative estimate of drug-likeness (QED) is 0.688. The zero-order valence-electron chi connectivity index (χ0n) is 19.1. The lowest BCUT2D eigenvalue weighted by Gasteiger charge is -2.46. The molecule has 0 aromatic heterocycles. The number of carbonyl (C=O) groups is 1. The number of rotatable bonds is 4. The van der Waals surface area contributed by atoms with Crippen LogP contribution in [0.1, 0.15) is 60.8 Å². The van der Waals surface area contributed by atoms with E-state index in [1.54, 1.807) is 4.90 Å². The van der Waals surface area contributed by atoms with Gasteiger partial charge in [-0.3, -0.25) is 4.79 Å². The molecule has 27 heavy (non-hydrogen) atoms. The number of carbonyl (C=O) groups excluding carboxylic acids is 1. The SMILES string of the molecule is CC(C)(C)[Si](C)(C)O[C@@H]1[C@@H](O[Si](C)(C)C(C)(C)C)C(=O)N2CCCC[C@@]12O. The van der Waals surface area contributed by atoms with Gasteiger partial charge >= 0.3 is 0 Å². The molecule has 0 aromatic carbocycles. The Bertz CT molecular complexity index is 580. The number of piperidine rings is 1. The standard InChI is InChI=1S/C20H41NO4Si2/c1-18(2,3)26(7,8)24-15-16(25-27(9,10)19(4,5)6)20(23)13-11-12-14-21(20)17(15)22/h15-16,23H,11-14H2,1-10H3/t15-,16-,20-/m1/s1. The molecule has 0 spiro atoms. The predicted molar refractivity (Wildman–Crippen MR) is 115 cm³/mol. The Balaban J connectivity index is 2.44. The monoisotopic (exact) mass is 415 g/mol. The Morgan fingerprint density at radius 2 is 1.44 bits per heavy atom. The first-order valence-corrected chi connectivity index (χ1v) is 16.2. The fraction of sp³-hybridized carbons (Fsp3) is 0.950. The molecule has 2 saturated heterocycles. The highest BCUT2D eigenvalue weighted by Crippen LogP contribution is 2.47. The minimum absolute atomic E-state index is 0.00395. The van der Waals surface area contributed by atoms with Crippen LogP contribution in [0.2, 0.25) is 36.3 Å². The van der Waals surface area contributed by atoms with Crippen molar-refractivity contribution in [1.29, 1.82) is 0 Å². The molecular weight excluding hydrogens is 374 g/mol. The van der Waals surface area contributed by atoms with E-state index in [9.17, 15) is 9.90 Å². The van der Waals surface area contributed by atoms with Crippen molar-refractivity contribution in [3.63, 3.8) is 0 Å². The average Bonchev–Trinajstić information content (AvgIpc) is 2.66. The Morgan fingerprint density at radius 1 is 0.963 bits per heavy atom. The molecule has 3 atom stereocenters. The number of aliphatic hydroxyl groups is 1. The Hall–Kier alpha value is -0.216. The number of fused-ring (bicyclic) bond motifs is 1. The van der Waals surface area contributed by atoms with Gasteiger partial charge in [-0.1, -0.05) is 41.5 Å². The van der Waals surface area contributed by atoms with E-state index in [1.807, 2.05) is 0 Å². The third-order valence-corrected chi connectivity index (χ3v) is 16.3. The summed E-state index contributed by atoms with van der Waals surface area (Å²) in [6.45, 7) is 22.3. The van der Waals surface area contributed by atoms with E-state index in [2.05, 4.69) is 67.7 Å². The first-order valence-electron chi connectivity index (χ1n) is 10.3. The predicted octanol–water partition coefficient (Wildman–Crippen LogP) is 4.48. The van der Waals surface area contributed by atoms with Gasteiger partial charge in [-0.2, -0.15) is 0 Å². The minimum Gasteiger partial charge on any atom is -0.406 e. The number of amides is 1. The summed E-state index contributed by atoms with van der Waals surface area (Å²) in [4.78, 5) is 14.9. The zero-order chi connectivity index (χ0) is 21.1. The fourth-order valence-corrected chi connectivity index (χ4v) is 5.88. The molecule has 5 nitrogen and oxygen atoms in total. The van der Waals surface area contributed by atoms with Crippen molar-refractivity contribution in [2.75, 3.05) is 6.54 Å². The zero-order valence-corrected chi connectivity index (χ0v) is 21.1. The van der Waals surface area contributed by atoms with E-state index in [4.69, 9.17) is 8.85 Å². The van der Waals surface area contributed by atoms with Crippen molar-refractivity contribution in [2.24, 2.45) is 0 Å². The maximum absolute atomic E-state index is 13.3. The second-order valence-electron chi connectivity index (χ2n) is 11.4. The lowest BCUT2D eigenvalue weighted by atomic mass is 9.96. The second kappa shape index (κ2) is 6.94. The number of hydrogen-bond acceptors (Lipinski definition) is 4. The van der Waals surface area contributed by atoms with E-state index < -0.39 is 34.6 Å². The fourth-order valence-electron chi connectivity index (χ4n) is 3.36. The summed E-state index contributed by atoms with van der Waals surface area (Å²) in [6.07, 6.45) is 1.08. The molecule has 158 valence electrons. The van der Waals surface area contributed by atoms with Gasteiger partial charge < -0.3 is 18.9 Å². The van der Waals surface area contributed by atoms with Crippen LogP contribution in [0.25, 0.3) is 0 Å². The highest BCUT2D eigenvalue weighted by molar-refractivity contribution is 6.74. The third-order valence-electron chi connectivity index (χ3n) is 7.34. The van der Waals surface area contributed by atoms with Crippen molar-refractivity contribution in [3.8, 4) is 0 Å². The largest absolute Gasteiger partial charge is 0.406 e. The van der Waals surface area contributed by atoms with Gasteiger partial charge in [0.05, 0.1) is 0 Å². The summed E-state index contributed by atoms with van der Waals surface area (Å²) in [7, 11) is -4.38. The molecule has 0 aromatic rings. The topological polar surface area (TPSA) is 59.0 Å². The lowest BCUT2D eigenvalue weighted by molar-refractivity contribution is -0.169. The molecule has 0 unspecified atom stereocenters. The molecule has 2 rings (SSSR count). The summed E-state index contributed by atoms with van der Waals surface area (Å²) in [5.41, 5.74) is -1.24. The molecule has 0 bridgehead atoms. The van der Waals surface area contributed by atoms with Gasteiger partial charge in [0.2, 0.25) is 0 Å². The van der Waals surface area contributed by atoms with Gasteiger partial charge in [-0.25, -0.2) is 0 Å². The van der Waals surface area contributed by atoms with Crippen LogP contribution in [0, 0.1) is 0 Å². The first-order chi connectivity index (χ1) is 11.9. The van der Waals surface area contributed by atoms with Crippen molar-refractivity contribution in [1.82, 2.24) is 4.90 Å². The molecule has 0 radical (unpaired) electrons. The highest BCUT2D eigenvalue weighted by Gasteiger charge is 2.63. The number of hydrogen-bond donors (Lipinski definition) is 1. The summed E-state index contributed by atoms with van der Waals surface area (Å²) >= 11 is 0. The maximum Gasteiger partial charge on any atom is 0.255 e. The van der Waals surface area contributed by atoms with Crippen molar-refractivity contribution in [2.45, 2.75) is 115 Å². The molecule has 2 aliphatic heterocycles. The highest BCUT2D eigenvalue weighted by atomic mass is 28.4. The summed E-state index contributed by atoms with van der Waals surface area (Å²) in [5, 5.41) is 11.6. The first kappa shape index (κ1) is 23.1.